The number of nitrogens with zero attached hydrogens (tertiary/aromatic N) is 3. The van der Waals surface area contributed by atoms with Crippen molar-refractivity contribution in [2.45, 2.75) is 33.0 Å². The Morgan fingerprint density at radius 3 is 3.17 bits per heavy atom. The maximum atomic E-state index is 6.16. The Morgan fingerprint density at radius 1 is 1.43 bits per heavy atom. The summed E-state index contributed by atoms with van der Waals surface area (Å²) in [5, 5.41) is 2.83. The van der Waals surface area contributed by atoms with Crippen LogP contribution in [0.25, 0.3) is 4.96 Å². The summed E-state index contributed by atoms with van der Waals surface area (Å²) in [5.41, 5.74) is 3.49. The molecule has 1 aliphatic heterocycles. The van der Waals surface area contributed by atoms with Crippen LogP contribution in [0.1, 0.15) is 23.9 Å². The Kier molecular flexibility index (Phi) is 3.79. The van der Waals surface area contributed by atoms with Gasteiger partial charge in [0.2, 0.25) is 0 Å². The molecule has 0 spiro atoms. The number of fused-ring (bicyclic) bond motifs is 2. The number of hydrogen-bond donors (Lipinski definition) is 0. The lowest BCUT2D eigenvalue weighted by atomic mass is 10.2. The molecule has 1 aliphatic rings. The maximum absolute atomic E-state index is 6.16. The summed E-state index contributed by atoms with van der Waals surface area (Å²) in [6, 6.07) is 5.86. The van der Waals surface area contributed by atoms with E-state index in [1.807, 2.05) is 18.2 Å². The van der Waals surface area contributed by atoms with Gasteiger partial charge in [0.25, 0.3) is 0 Å². The standard InChI is InChI=1S/C17H18ClN3OS/c1-11-8-20(9-13-7-14(18)3-4-16(13)22-11)10-15-12(2)19-17-21(15)5-6-23-17/h3-7,11H,8-10H2,1-2H3. The number of aromatic nitrogens is 2. The molecule has 1 aromatic carbocycles. The van der Waals surface area contributed by atoms with Gasteiger partial charge in [-0.15, -0.1) is 11.3 Å². The predicted octanol–water partition coefficient (Wildman–Crippen LogP) is 4.14. The van der Waals surface area contributed by atoms with Crippen molar-refractivity contribution in [1.29, 1.82) is 0 Å². The molecule has 3 aromatic rings. The first-order valence-corrected chi connectivity index (χ1v) is 8.94. The Bertz CT molecular complexity index is 857. The molecule has 120 valence electrons. The molecule has 0 aliphatic carbocycles. The van der Waals surface area contributed by atoms with E-state index in [1.165, 1.54) is 5.69 Å². The van der Waals surface area contributed by atoms with Gasteiger partial charge in [0.15, 0.2) is 4.96 Å². The number of imidazole rings is 1. The molecule has 0 bridgehead atoms. The lowest BCUT2D eigenvalue weighted by Gasteiger charge is -2.21. The summed E-state index contributed by atoms with van der Waals surface area (Å²) in [6.45, 7) is 6.75. The van der Waals surface area contributed by atoms with Crippen LogP contribution in [0.2, 0.25) is 5.02 Å². The molecular weight excluding hydrogens is 330 g/mol. The van der Waals surface area contributed by atoms with Crippen LogP contribution in [0.5, 0.6) is 5.75 Å². The summed E-state index contributed by atoms with van der Waals surface area (Å²) in [6.07, 6.45) is 2.24. The highest BCUT2D eigenvalue weighted by Crippen LogP contribution is 2.29. The zero-order chi connectivity index (χ0) is 16.0. The summed E-state index contributed by atoms with van der Waals surface area (Å²) < 4.78 is 8.23. The Labute approximate surface area is 144 Å². The van der Waals surface area contributed by atoms with Gasteiger partial charge >= 0.3 is 0 Å². The van der Waals surface area contributed by atoms with Gasteiger partial charge in [-0.05, 0) is 32.0 Å². The third-order valence-corrected chi connectivity index (χ3v) is 5.19. The first kappa shape index (κ1) is 15.0. The molecule has 4 nitrogen and oxygen atoms in total. The molecule has 0 N–H and O–H groups in total. The average molecular weight is 348 g/mol. The van der Waals surface area contributed by atoms with E-state index in [2.05, 4.69) is 39.7 Å². The minimum atomic E-state index is 0.142. The molecule has 6 heteroatoms. The molecule has 0 saturated carbocycles. The van der Waals surface area contributed by atoms with Gasteiger partial charge in [-0.1, -0.05) is 11.6 Å². The van der Waals surface area contributed by atoms with Gasteiger partial charge < -0.3 is 4.74 Å². The number of benzene rings is 1. The average Bonchev–Trinajstić information content (AvgIpc) is 3.00. The number of thiazole rings is 1. The molecular formula is C17H18ClN3OS. The van der Waals surface area contributed by atoms with E-state index in [1.54, 1.807) is 11.3 Å². The van der Waals surface area contributed by atoms with Crippen molar-refractivity contribution in [2.24, 2.45) is 0 Å². The van der Waals surface area contributed by atoms with Crippen LogP contribution in [0.3, 0.4) is 0 Å². The van der Waals surface area contributed by atoms with Crippen LogP contribution in [-0.4, -0.2) is 26.9 Å². The highest BCUT2D eigenvalue weighted by molar-refractivity contribution is 7.15. The monoisotopic (exact) mass is 347 g/mol. The van der Waals surface area contributed by atoms with Gasteiger partial charge in [0, 0.05) is 41.8 Å². The van der Waals surface area contributed by atoms with Crippen LogP contribution in [0, 0.1) is 6.92 Å². The molecule has 2 aromatic heterocycles. The zero-order valence-electron chi connectivity index (χ0n) is 13.1. The number of aryl methyl sites for hydroxylation is 1. The predicted molar refractivity (Wildman–Crippen MR) is 93.5 cm³/mol. The maximum Gasteiger partial charge on any atom is 0.194 e. The lowest BCUT2D eigenvalue weighted by molar-refractivity contribution is 0.155. The van der Waals surface area contributed by atoms with Crippen LogP contribution in [0.4, 0.5) is 0 Å². The molecule has 0 amide bonds. The van der Waals surface area contributed by atoms with E-state index >= 15 is 0 Å². The highest BCUT2D eigenvalue weighted by Gasteiger charge is 2.22. The molecule has 0 fully saturated rings. The topological polar surface area (TPSA) is 29.8 Å². The fourth-order valence-corrected chi connectivity index (χ4v) is 4.15. The van der Waals surface area contributed by atoms with Crippen molar-refractivity contribution >= 4 is 27.9 Å². The van der Waals surface area contributed by atoms with E-state index in [-0.39, 0.29) is 6.10 Å². The zero-order valence-corrected chi connectivity index (χ0v) is 14.7. The summed E-state index contributed by atoms with van der Waals surface area (Å²) in [4.78, 5) is 8.10. The van der Waals surface area contributed by atoms with Crippen molar-refractivity contribution in [3.05, 3.63) is 51.7 Å². The van der Waals surface area contributed by atoms with Crippen LogP contribution in [-0.2, 0) is 13.1 Å². The molecule has 23 heavy (non-hydrogen) atoms. The SMILES string of the molecule is Cc1nc2sccn2c1CN1Cc2cc(Cl)ccc2OC(C)C1. The van der Waals surface area contributed by atoms with Gasteiger partial charge in [-0.3, -0.25) is 9.30 Å². The lowest BCUT2D eigenvalue weighted by Crippen LogP contribution is -2.31. The summed E-state index contributed by atoms with van der Waals surface area (Å²) >= 11 is 7.83. The first-order valence-electron chi connectivity index (χ1n) is 7.68. The second-order valence-electron chi connectivity index (χ2n) is 6.05. The third kappa shape index (κ3) is 2.84. The van der Waals surface area contributed by atoms with Crippen molar-refractivity contribution in [3.8, 4) is 5.75 Å². The molecule has 1 atom stereocenters. The van der Waals surface area contributed by atoms with Crippen LogP contribution >= 0.6 is 22.9 Å². The smallest absolute Gasteiger partial charge is 0.194 e. The highest BCUT2D eigenvalue weighted by atomic mass is 35.5. The van der Waals surface area contributed by atoms with E-state index in [9.17, 15) is 0 Å². The summed E-state index contributed by atoms with van der Waals surface area (Å²) in [7, 11) is 0. The van der Waals surface area contributed by atoms with Crippen LogP contribution < -0.4 is 4.74 Å². The summed E-state index contributed by atoms with van der Waals surface area (Å²) in [5.74, 6) is 0.940. The molecule has 1 unspecified atom stereocenters. The van der Waals surface area contributed by atoms with E-state index in [0.29, 0.717) is 0 Å². The molecule has 0 radical (unpaired) electrons. The Hall–Kier alpha value is -1.56. The van der Waals surface area contributed by atoms with Crippen molar-refractivity contribution in [1.82, 2.24) is 14.3 Å². The van der Waals surface area contributed by atoms with Crippen molar-refractivity contribution in [2.75, 3.05) is 6.54 Å². The second kappa shape index (κ2) is 5.82. The quantitative estimate of drug-likeness (QED) is 0.697. The minimum Gasteiger partial charge on any atom is -0.489 e. The number of rotatable bonds is 2. The fraction of sp³-hybridized carbons (Fsp3) is 0.353. The molecule has 0 saturated heterocycles. The van der Waals surface area contributed by atoms with E-state index in [0.717, 1.165) is 46.6 Å². The number of hydrogen-bond acceptors (Lipinski definition) is 4. The minimum absolute atomic E-state index is 0.142. The Balaban J connectivity index is 1.66. The normalized spacial score (nSPS) is 18.7. The van der Waals surface area contributed by atoms with E-state index < -0.39 is 0 Å². The Morgan fingerprint density at radius 2 is 2.30 bits per heavy atom. The molecule has 4 rings (SSSR count). The largest absolute Gasteiger partial charge is 0.489 e. The van der Waals surface area contributed by atoms with Crippen LogP contribution in [0.15, 0.2) is 29.8 Å². The first-order chi connectivity index (χ1) is 11.1. The van der Waals surface area contributed by atoms with Gasteiger partial charge in [-0.25, -0.2) is 4.98 Å². The van der Waals surface area contributed by atoms with Gasteiger partial charge in [-0.2, -0.15) is 0 Å². The fourth-order valence-electron chi connectivity index (χ4n) is 3.17. The second-order valence-corrected chi connectivity index (χ2v) is 7.36. The van der Waals surface area contributed by atoms with Gasteiger partial charge in [0.05, 0.1) is 11.4 Å². The third-order valence-electron chi connectivity index (χ3n) is 4.19. The number of halogens is 1. The number of ether oxygens (including phenoxy) is 1. The van der Waals surface area contributed by atoms with Gasteiger partial charge in [0.1, 0.15) is 11.9 Å². The molecule has 3 heterocycles. The van der Waals surface area contributed by atoms with E-state index in [4.69, 9.17) is 16.3 Å². The van der Waals surface area contributed by atoms with Crippen molar-refractivity contribution in [3.63, 3.8) is 0 Å². The van der Waals surface area contributed by atoms with Crippen molar-refractivity contribution < 1.29 is 4.74 Å².